The number of carbonyl (C=O) groups is 1. The molecular weight excluding hydrogens is 184 g/mol. The van der Waals surface area contributed by atoms with Crippen LogP contribution in [-0.4, -0.2) is 17.4 Å². The van der Waals surface area contributed by atoms with E-state index >= 15 is 0 Å². The molecule has 0 spiro atoms. The van der Waals surface area contributed by atoms with Crippen molar-refractivity contribution in [2.45, 2.75) is 24.1 Å². The molecule has 0 aromatic carbocycles. The van der Waals surface area contributed by atoms with Gasteiger partial charge < -0.3 is 4.74 Å². The van der Waals surface area contributed by atoms with Crippen molar-refractivity contribution in [3.63, 3.8) is 0 Å². The molecule has 0 unspecified atom stereocenters. The molecule has 1 aliphatic heterocycles. The molecule has 9 heavy (non-hydrogen) atoms. The largest absolute Gasteiger partial charge is 0.465 e. The van der Waals surface area contributed by atoms with Gasteiger partial charge in [0.05, 0.1) is 6.61 Å². The van der Waals surface area contributed by atoms with E-state index in [0.29, 0.717) is 6.61 Å². The number of ether oxygens (including phenoxy) is 1. The van der Waals surface area contributed by atoms with Crippen LogP contribution in [0.4, 0.5) is 0 Å². The van der Waals surface area contributed by atoms with Gasteiger partial charge in [-0.05, 0) is 19.3 Å². The molecule has 0 aromatic heterocycles. The molecule has 2 nitrogen and oxygen atoms in total. The maximum absolute atomic E-state index is 10.7. The maximum atomic E-state index is 10.7. The summed E-state index contributed by atoms with van der Waals surface area (Å²) in [6, 6.07) is 0. The molecule has 0 radical (unpaired) electrons. The fourth-order valence-corrected chi connectivity index (χ4v) is 1.26. The minimum Gasteiger partial charge on any atom is -0.465 e. The number of hydrogen-bond donors (Lipinski definition) is 0. The molecule has 0 N–H and O–H groups in total. The predicted octanol–water partition coefficient (Wildman–Crippen LogP) is 1.48. The number of esters is 1. The van der Waals surface area contributed by atoms with Gasteiger partial charge in [-0.25, -0.2) is 0 Å². The third-order valence-electron chi connectivity index (χ3n) is 1.35. The zero-order valence-corrected chi connectivity index (χ0v) is 6.69. The van der Waals surface area contributed by atoms with Crippen molar-refractivity contribution in [3.8, 4) is 0 Å². The Kier molecular flexibility index (Phi) is 2.51. The van der Waals surface area contributed by atoms with Crippen LogP contribution in [0.1, 0.15) is 19.3 Å². The Morgan fingerprint density at radius 3 is 3.11 bits per heavy atom. The Labute approximate surface area is 62.7 Å². The van der Waals surface area contributed by atoms with Crippen LogP contribution in [0, 0.1) is 0 Å². The molecule has 0 saturated carbocycles. The molecule has 0 amide bonds. The quantitative estimate of drug-likeness (QED) is 0.430. The Bertz CT molecular complexity index is 114. The first-order chi connectivity index (χ1) is 4.30. The second kappa shape index (κ2) is 3.20. The van der Waals surface area contributed by atoms with Crippen LogP contribution < -0.4 is 0 Å². The smallest absolute Gasteiger partial charge is 0.319 e. The highest BCUT2D eigenvalue weighted by Crippen LogP contribution is 2.15. The minimum atomic E-state index is -0.104. The van der Waals surface area contributed by atoms with Gasteiger partial charge >= 0.3 is 5.97 Å². The molecule has 0 bridgehead atoms. The Hall–Kier alpha value is -0.0500. The molecule has 1 rings (SSSR count). The number of cyclic esters (lactones) is 1. The van der Waals surface area contributed by atoms with Crippen LogP contribution in [0.2, 0.25) is 0 Å². The van der Waals surface area contributed by atoms with Gasteiger partial charge in [0.25, 0.3) is 0 Å². The van der Waals surface area contributed by atoms with E-state index in [1.807, 2.05) is 0 Å². The van der Waals surface area contributed by atoms with Gasteiger partial charge in [-0.2, -0.15) is 0 Å². The van der Waals surface area contributed by atoms with E-state index in [-0.39, 0.29) is 10.8 Å². The maximum Gasteiger partial charge on any atom is 0.319 e. The van der Waals surface area contributed by atoms with Crippen LogP contribution in [-0.2, 0) is 9.53 Å². The van der Waals surface area contributed by atoms with Gasteiger partial charge in [-0.3, -0.25) is 4.79 Å². The van der Waals surface area contributed by atoms with Crippen LogP contribution in [0.25, 0.3) is 0 Å². The van der Waals surface area contributed by atoms with Gasteiger partial charge in [-0.15, -0.1) is 0 Å². The average Bonchev–Trinajstić information content (AvgIpc) is 1.99. The van der Waals surface area contributed by atoms with Gasteiger partial charge in [0.1, 0.15) is 4.83 Å². The lowest BCUT2D eigenvalue weighted by molar-refractivity contribution is -0.141. The number of alkyl halides is 1. The van der Waals surface area contributed by atoms with Gasteiger partial charge in [0.2, 0.25) is 0 Å². The zero-order valence-electron chi connectivity index (χ0n) is 5.10. The molecule has 1 aliphatic rings. The Balaban J connectivity index is 2.41. The number of hydrogen-bond acceptors (Lipinski definition) is 2. The highest BCUT2D eigenvalue weighted by molar-refractivity contribution is 9.10. The van der Waals surface area contributed by atoms with E-state index < -0.39 is 0 Å². The molecular formula is C6H9BrO2. The van der Waals surface area contributed by atoms with Crippen LogP contribution >= 0.6 is 15.9 Å². The van der Waals surface area contributed by atoms with E-state index in [0.717, 1.165) is 19.3 Å². The first-order valence-electron chi connectivity index (χ1n) is 3.11. The fourth-order valence-electron chi connectivity index (χ4n) is 0.807. The third kappa shape index (κ3) is 1.97. The molecule has 1 heterocycles. The second-order valence-electron chi connectivity index (χ2n) is 2.13. The van der Waals surface area contributed by atoms with E-state index in [4.69, 9.17) is 4.74 Å². The molecule has 3 heteroatoms. The number of carbonyl (C=O) groups excluding carboxylic acids is 1. The number of rotatable bonds is 0. The lowest BCUT2D eigenvalue weighted by Gasteiger charge is -2.00. The summed E-state index contributed by atoms with van der Waals surface area (Å²) in [6.07, 6.45) is 3.01. The SMILES string of the molecule is O=C1OCCCC[C@@H]1Br. The van der Waals surface area contributed by atoms with Crippen molar-refractivity contribution in [2.24, 2.45) is 0 Å². The third-order valence-corrected chi connectivity index (χ3v) is 2.18. The summed E-state index contributed by atoms with van der Waals surface area (Å²) in [5.74, 6) is -0.104. The van der Waals surface area contributed by atoms with Gasteiger partial charge in [-0.1, -0.05) is 15.9 Å². The van der Waals surface area contributed by atoms with Gasteiger partial charge in [0, 0.05) is 0 Å². The molecule has 52 valence electrons. The fraction of sp³-hybridized carbons (Fsp3) is 0.833. The standard InChI is InChI=1S/C6H9BrO2/c7-5-3-1-2-4-9-6(5)8/h5H,1-4H2/t5-/m0/s1. The van der Waals surface area contributed by atoms with Crippen molar-refractivity contribution in [3.05, 3.63) is 0 Å². The first-order valence-corrected chi connectivity index (χ1v) is 4.03. The van der Waals surface area contributed by atoms with E-state index in [1.165, 1.54) is 0 Å². The van der Waals surface area contributed by atoms with E-state index in [2.05, 4.69) is 15.9 Å². The average molecular weight is 193 g/mol. The summed E-state index contributed by atoms with van der Waals surface area (Å²) in [5.41, 5.74) is 0. The lowest BCUT2D eigenvalue weighted by Crippen LogP contribution is -2.14. The Morgan fingerprint density at radius 1 is 1.56 bits per heavy atom. The molecule has 0 aromatic rings. The molecule has 1 fully saturated rings. The topological polar surface area (TPSA) is 26.3 Å². The van der Waals surface area contributed by atoms with Gasteiger partial charge in [0.15, 0.2) is 0 Å². The monoisotopic (exact) mass is 192 g/mol. The molecule has 1 saturated heterocycles. The van der Waals surface area contributed by atoms with E-state index in [1.54, 1.807) is 0 Å². The van der Waals surface area contributed by atoms with Crippen molar-refractivity contribution >= 4 is 21.9 Å². The lowest BCUT2D eigenvalue weighted by atomic mass is 10.2. The van der Waals surface area contributed by atoms with E-state index in [9.17, 15) is 4.79 Å². The summed E-state index contributed by atoms with van der Waals surface area (Å²) in [7, 11) is 0. The van der Waals surface area contributed by atoms with Crippen LogP contribution in [0.15, 0.2) is 0 Å². The number of halogens is 1. The summed E-state index contributed by atoms with van der Waals surface area (Å²) in [4.78, 5) is 10.7. The first kappa shape index (κ1) is 7.06. The predicted molar refractivity (Wildman–Crippen MR) is 37.5 cm³/mol. The minimum absolute atomic E-state index is 0.0556. The molecule has 0 aliphatic carbocycles. The Morgan fingerprint density at radius 2 is 2.33 bits per heavy atom. The van der Waals surface area contributed by atoms with Crippen LogP contribution in [0.3, 0.4) is 0 Å². The van der Waals surface area contributed by atoms with Crippen LogP contribution in [0.5, 0.6) is 0 Å². The summed E-state index contributed by atoms with van der Waals surface area (Å²) in [5, 5.41) is 0. The molecule has 1 atom stereocenters. The normalized spacial score (nSPS) is 29.0. The second-order valence-corrected chi connectivity index (χ2v) is 3.24. The summed E-state index contributed by atoms with van der Waals surface area (Å²) >= 11 is 3.23. The van der Waals surface area contributed by atoms with Crippen molar-refractivity contribution < 1.29 is 9.53 Å². The van der Waals surface area contributed by atoms with Crippen molar-refractivity contribution in [1.82, 2.24) is 0 Å². The summed E-state index contributed by atoms with van der Waals surface area (Å²) in [6.45, 7) is 0.598. The highest BCUT2D eigenvalue weighted by Gasteiger charge is 2.18. The van der Waals surface area contributed by atoms with Crippen molar-refractivity contribution in [1.29, 1.82) is 0 Å². The zero-order chi connectivity index (χ0) is 6.69. The summed E-state index contributed by atoms with van der Waals surface area (Å²) < 4.78 is 4.83. The van der Waals surface area contributed by atoms with Crippen molar-refractivity contribution in [2.75, 3.05) is 6.61 Å². The highest BCUT2D eigenvalue weighted by atomic mass is 79.9.